The molecule has 0 radical (unpaired) electrons. The minimum atomic E-state index is -0.0464. The summed E-state index contributed by atoms with van der Waals surface area (Å²) in [5.74, 6) is 0.112. The van der Waals surface area contributed by atoms with Gasteiger partial charge in [-0.25, -0.2) is 4.98 Å². The van der Waals surface area contributed by atoms with Crippen LogP contribution in [0.2, 0.25) is 0 Å². The lowest BCUT2D eigenvalue weighted by Gasteiger charge is -2.03. The molecule has 0 saturated heterocycles. The van der Waals surface area contributed by atoms with Gasteiger partial charge in [-0.3, -0.25) is 4.79 Å². The van der Waals surface area contributed by atoms with Gasteiger partial charge in [-0.05, 0) is 17.7 Å². The summed E-state index contributed by atoms with van der Waals surface area (Å²) in [6.07, 6.45) is 3.72. The molecule has 0 aliphatic carbocycles. The maximum Gasteiger partial charge on any atom is 0.217 e. The van der Waals surface area contributed by atoms with Crippen LogP contribution in [0.4, 0.5) is 0 Å². The zero-order valence-electron chi connectivity index (χ0n) is 11.6. The molecule has 21 heavy (non-hydrogen) atoms. The van der Waals surface area contributed by atoms with Gasteiger partial charge in [0.2, 0.25) is 5.91 Å². The number of aromatic nitrogens is 2. The van der Waals surface area contributed by atoms with Crippen LogP contribution in [-0.2, 0) is 11.3 Å². The molecule has 106 valence electrons. The van der Waals surface area contributed by atoms with E-state index in [1.54, 1.807) is 16.5 Å². The maximum atomic E-state index is 10.9. The van der Waals surface area contributed by atoms with Crippen LogP contribution in [0.5, 0.6) is 5.75 Å². The summed E-state index contributed by atoms with van der Waals surface area (Å²) < 4.78 is 1.79. The van der Waals surface area contributed by atoms with E-state index >= 15 is 0 Å². The van der Waals surface area contributed by atoms with Crippen molar-refractivity contribution in [1.29, 1.82) is 0 Å². The SMILES string of the molecule is CC(=O)NCc1ccc(-c2cn3cccc(O)c3n2)cc1. The van der Waals surface area contributed by atoms with Gasteiger partial charge in [-0.1, -0.05) is 24.3 Å². The predicted molar refractivity (Wildman–Crippen MR) is 79.8 cm³/mol. The van der Waals surface area contributed by atoms with Gasteiger partial charge in [0.15, 0.2) is 11.4 Å². The first-order chi connectivity index (χ1) is 10.1. The van der Waals surface area contributed by atoms with Gasteiger partial charge in [0.1, 0.15) is 0 Å². The molecule has 0 saturated carbocycles. The summed E-state index contributed by atoms with van der Waals surface area (Å²) in [4.78, 5) is 15.3. The highest BCUT2D eigenvalue weighted by Gasteiger charge is 2.07. The molecule has 3 aromatic rings. The number of amides is 1. The van der Waals surface area contributed by atoms with E-state index in [9.17, 15) is 9.90 Å². The highest BCUT2D eigenvalue weighted by atomic mass is 16.3. The van der Waals surface area contributed by atoms with E-state index in [1.807, 2.05) is 36.7 Å². The van der Waals surface area contributed by atoms with Crippen molar-refractivity contribution in [3.63, 3.8) is 0 Å². The molecule has 1 aromatic carbocycles. The van der Waals surface area contributed by atoms with Crippen LogP contribution in [0.25, 0.3) is 16.9 Å². The Balaban J connectivity index is 1.88. The van der Waals surface area contributed by atoms with Gasteiger partial charge in [0.25, 0.3) is 0 Å². The van der Waals surface area contributed by atoms with Gasteiger partial charge >= 0.3 is 0 Å². The van der Waals surface area contributed by atoms with Gasteiger partial charge in [0.05, 0.1) is 5.69 Å². The molecular formula is C16H15N3O2. The molecule has 0 atom stereocenters. The number of nitrogens with zero attached hydrogens (tertiary/aromatic N) is 2. The number of pyridine rings is 1. The molecule has 2 aromatic heterocycles. The Labute approximate surface area is 121 Å². The van der Waals surface area contributed by atoms with Crippen molar-refractivity contribution in [2.75, 3.05) is 0 Å². The summed E-state index contributed by atoms with van der Waals surface area (Å²) in [7, 11) is 0. The number of hydrogen-bond donors (Lipinski definition) is 2. The van der Waals surface area contributed by atoms with Gasteiger partial charge < -0.3 is 14.8 Å². The van der Waals surface area contributed by atoms with E-state index in [4.69, 9.17) is 0 Å². The Morgan fingerprint density at radius 3 is 2.71 bits per heavy atom. The number of hydrogen-bond acceptors (Lipinski definition) is 3. The molecule has 0 bridgehead atoms. The number of imidazole rings is 1. The Morgan fingerprint density at radius 2 is 2.05 bits per heavy atom. The first kappa shape index (κ1) is 13.2. The highest BCUT2D eigenvalue weighted by Crippen LogP contribution is 2.23. The zero-order valence-corrected chi connectivity index (χ0v) is 11.6. The van der Waals surface area contributed by atoms with E-state index < -0.39 is 0 Å². The maximum absolute atomic E-state index is 10.9. The molecule has 3 rings (SSSR count). The van der Waals surface area contributed by atoms with Crippen LogP contribution < -0.4 is 5.32 Å². The molecule has 0 fully saturated rings. The highest BCUT2D eigenvalue weighted by molar-refractivity contribution is 5.72. The quantitative estimate of drug-likeness (QED) is 0.774. The van der Waals surface area contributed by atoms with Crippen LogP contribution in [0.3, 0.4) is 0 Å². The van der Waals surface area contributed by atoms with E-state index in [2.05, 4.69) is 10.3 Å². The van der Waals surface area contributed by atoms with Crippen molar-refractivity contribution in [3.05, 3.63) is 54.4 Å². The second kappa shape index (κ2) is 5.28. The van der Waals surface area contributed by atoms with E-state index in [0.717, 1.165) is 16.8 Å². The molecule has 1 amide bonds. The number of carbonyl (C=O) groups excluding carboxylic acids is 1. The van der Waals surface area contributed by atoms with Gasteiger partial charge in [-0.2, -0.15) is 0 Å². The third-order valence-electron chi connectivity index (χ3n) is 3.25. The average molecular weight is 281 g/mol. The Kier molecular flexibility index (Phi) is 3.31. The number of benzene rings is 1. The summed E-state index contributed by atoms with van der Waals surface area (Å²) in [5.41, 5.74) is 3.32. The smallest absolute Gasteiger partial charge is 0.217 e. The second-order valence-corrected chi connectivity index (χ2v) is 4.86. The standard InChI is InChI=1S/C16H15N3O2/c1-11(20)17-9-12-4-6-13(7-5-12)14-10-19-8-2-3-15(21)16(19)18-14/h2-8,10,21H,9H2,1H3,(H,17,20). The van der Waals surface area contributed by atoms with Gasteiger partial charge in [0, 0.05) is 31.4 Å². The second-order valence-electron chi connectivity index (χ2n) is 4.86. The molecule has 0 aliphatic heterocycles. The molecule has 5 heteroatoms. The van der Waals surface area contributed by atoms with E-state index in [-0.39, 0.29) is 11.7 Å². The van der Waals surface area contributed by atoms with Crippen molar-refractivity contribution in [2.24, 2.45) is 0 Å². The molecular weight excluding hydrogens is 266 g/mol. The molecule has 5 nitrogen and oxygen atoms in total. The van der Waals surface area contributed by atoms with Crippen molar-refractivity contribution >= 4 is 11.6 Å². The number of aromatic hydroxyl groups is 1. The van der Waals surface area contributed by atoms with Crippen LogP contribution in [0.15, 0.2) is 48.8 Å². The number of carbonyl (C=O) groups is 1. The summed E-state index contributed by atoms with van der Waals surface area (Å²) in [6, 6.07) is 11.2. The van der Waals surface area contributed by atoms with Crippen LogP contribution >= 0.6 is 0 Å². The van der Waals surface area contributed by atoms with E-state index in [1.165, 1.54) is 6.92 Å². The average Bonchev–Trinajstić information content (AvgIpc) is 2.91. The normalized spacial score (nSPS) is 10.7. The van der Waals surface area contributed by atoms with Crippen molar-refractivity contribution in [3.8, 4) is 17.0 Å². The fraction of sp³-hybridized carbons (Fsp3) is 0.125. The topological polar surface area (TPSA) is 66.6 Å². The first-order valence-electron chi connectivity index (χ1n) is 6.64. The van der Waals surface area contributed by atoms with Crippen LogP contribution in [0.1, 0.15) is 12.5 Å². The Hall–Kier alpha value is -2.82. The number of rotatable bonds is 3. The third-order valence-corrected chi connectivity index (χ3v) is 3.25. The van der Waals surface area contributed by atoms with Crippen LogP contribution in [-0.4, -0.2) is 20.4 Å². The fourth-order valence-corrected chi connectivity index (χ4v) is 2.16. The first-order valence-corrected chi connectivity index (χ1v) is 6.64. The third kappa shape index (κ3) is 2.72. The Morgan fingerprint density at radius 1 is 1.29 bits per heavy atom. The number of nitrogens with one attached hydrogen (secondary N) is 1. The lowest BCUT2D eigenvalue weighted by Crippen LogP contribution is -2.18. The minimum Gasteiger partial charge on any atom is -0.504 e. The molecule has 2 N–H and O–H groups in total. The molecule has 2 heterocycles. The lowest BCUT2D eigenvalue weighted by molar-refractivity contribution is -0.119. The molecule has 0 spiro atoms. The summed E-state index contributed by atoms with van der Waals surface area (Å²) in [6.45, 7) is 2.01. The largest absolute Gasteiger partial charge is 0.504 e. The predicted octanol–water partition coefficient (Wildman–Crippen LogP) is 2.34. The van der Waals surface area contributed by atoms with Crippen molar-refractivity contribution < 1.29 is 9.90 Å². The summed E-state index contributed by atoms with van der Waals surface area (Å²) in [5, 5.41) is 12.5. The van der Waals surface area contributed by atoms with Crippen molar-refractivity contribution in [1.82, 2.24) is 14.7 Å². The monoisotopic (exact) mass is 281 g/mol. The van der Waals surface area contributed by atoms with Crippen molar-refractivity contribution in [2.45, 2.75) is 13.5 Å². The summed E-state index contributed by atoms with van der Waals surface area (Å²) >= 11 is 0. The number of fused-ring (bicyclic) bond motifs is 1. The molecule has 0 aliphatic rings. The Bertz CT molecular complexity index is 791. The lowest BCUT2D eigenvalue weighted by atomic mass is 10.1. The molecule has 0 unspecified atom stereocenters. The van der Waals surface area contributed by atoms with Crippen LogP contribution in [0, 0.1) is 0 Å². The zero-order chi connectivity index (χ0) is 14.8. The minimum absolute atomic E-state index is 0.0464. The van der Waals surface area contributed by atoms with E-state index in [0.29, 0.717) is 12.2 Å². The van der Waals surface area contributed by atoms with Gasteiger partial charge in [-0.15, -0.1) is 0 Å². The fourth-order valence-electron chi connectivity index (χ4n) is 2.16.